The minimum Gasteiger partial charge on any atom is -0.306 e. The molecule has 16 heavy (non-hydrogen) atoms. The van der Waals surface area contributed by atoms with Crippen molar-refractivity contribution in [1.29, 1.82) is 0 Å². The summed E-state index contributed by atoms with van der Waals surface area (Å²) < 4.78 is 0. The van der Waals surface area contributed by atoms with Gasteiger partial charge in [-0.2, -0.15) is 0 Å². The maximum Gasteiger partial charge on any atom is 0.323 e. The number of nitrogens with one attached hydrogen (secondary N) is 2. The molecule has 3 rings (SSSR count). The average Bonchev–Trinajstić information content (AvgIpc) is 2.52. The second kappa shape index (κ2) is 3.33. The Morgan fingerprint density at radius 1 is 1.12 bits per heavy atom. The molecule has 80 valence electrons. The van der Waals surface area contributed by atoms with Crippen LogP contribution in [0.3, 0.4) is 0 Å². The number of hydrogen-bond donors (Lipinski definition) is 2. The van der Waals surface area contributed by atoms with Crippen LogP contribution in [0.2, 0.25) is 0 Å². The van der Waals surface area contributed by atoms with Gasteiger partial charge in [0.1, 0.15) is 0 Å². The standard InChI is InChI=1S/C12H10N2O2/c15-11-4-2-1-3-7-5-9-10(6-8(7)11)14-12(16)13-9/h5-6H,1-3H2,(H2,13,14,16). The molecule has 1 aliphatic rings. The molecule has 1 aliphatic carbocycles. The molecule has 2 N–H and O–H groups in total. The summed E-state index contributed by atoms with van der Waals surface area (Å²) in [6.07, 6.45) is 5.33. The van der Waals surface area contributed by atoms with E-state index in [0.29, 0.717) is 17.5 Å². The highest BCUT2D eigenvalue weighted by atomic mass is 16.1. The molecule has 0 saturated heterocycles. The van der Waals surface area contributed by atoms with Gasteiger partial charge in [-0.05, 0) is 37.0 Å². The third-order valence-electron chi connectivity index (χ3n) is 2.89. The second-order valence-corrected chi connectivity index (χ2v) is 3.99. The van der Waals surface area contributed by atoms with Gasteiger partial charge in [0.25, 0.3) is 0 Å². The fourth-order valence-corrected chi connectivity index (χ4v) is 2.12. The van der Waals surface area contributed by atoms with E-state index < -0.39 is 0 Å². The number of aromatic nitrogens is 2. The number of aromatic amines is 2. The van der Waals surface area contributed by atoms with Crippen molar-refractivity contribution in [3.05, 3.63) is 40.2 Å². The van der Waals surface area contributed by atoms with Crippen molar-refractivity contribution in [2.24, 2.45) is 0 Å². The van der Waals surface area contributed by atoms with Crippen LogP contribution in [0.5, 0.6) is 0 Å². The SMILES string of the molecule is O=C1[C]CCCc2cc3[nH]c(=O)[nH]c3cc21. The summed E-state index contributed by atoms with van der Waals surface area (Å²) in [4.78, 5) is 28.2. The number of imidazole rings is 1. The molecule has 0 amide bonds. The Labute approximate surface area is 91.7 Å². The van der Waals surface area contributed by atoms with Gasteiger partial charge >= 0.3 is 5.69 Å². The Kier molecular flexibility index (Phi) is 1.96. The van der Waals surface area contributed by atoms with Gasteiger partial charge in [0.05, 0.1) is 17.5 Å². The first kappa shape index (κ1) is 9.39. The summed E-state index contributed by atoms with van der Waals surface area (Å²) in [5.74, 6) is -0.0588. The maximum absolute atomic E-state index is 11.7. The van der Waals surface area contributed by atoms with Crippen LogP contribution in [0.25, 0.3) is 11.0 Å². The van der Waals surface area contributed by atoms with Gasteiger partial charge in [-0.25, -0.2) is 4.79 Å². The number of fused-ring (bicyclic) bond motifs is 2. The molecular formula is C12H10N2O2. The van der Waals surface area contributed by atoms with Gasteiger partial charge < -0.3 is 9.97 Å². The molecule has 0 aliphatic heterocycles. The third-order valence-corrected chi connectivity index (χ3v) is 2.89. The van der Waals surface area contributed by atoms with Crippen LogP contribution in [-0.4, -0.2) is 15.8 Å². The van der Waals surface area contributed by atoms with Crippen LogP contribution in [0.4, 0.5) is 0 Å². The van der Waals surface area contributed by atoms with Crippen molar-refractivity contribution >= 4 is 16.8 Å². The van der Waals surface area contributed by atoms with Crippen molar-refractivity contribution in [3.8, 4) is 0 Å². The largest absolute Gasteiger partial charge is 0.323 e. The maximum atomic E-state index is 11.7. The Morgan fingerprint density at radius 2 is 1.88 bits per heavy atom. The van der Waals surface area contributed by atoms with Gasteiger partial charge in [-0.3, -0.25) is 4.79 Å². The molecule has 0 unspecified atom stereocenters. The monoisotopic (exact) mass is 214 g/mol. The molecule has 1 aromatic heterocycles. The number of ketones is 1. The lowest BCUT2D eigenvalue weighted by molar-refractivity contribution is 0.102. The number of hydrogen-bond acceptors (Lipinski definition) is 2. The van der Waals surface area contributed by atoms with Gasteiger partial charge in [-0.15, -0.1) is 0 Å². The van der Waals surface area contributed by atoms with E-state index in [9.17, 15) is 9.59 Å². The lowest BCUT2D eigenvalue weighted by Crippen LogP contribution is -2.00. The van der Waals surface area contributed by atoms with E-state index in [0.717, 1.165) is 23.9 Å². The van der Waals surface area contributed by atoms with Crippen molar-refractivity contribution in [2.45, 2.75) is 19.3 Å². The van der Waals surface area contributed by atoms with Crippen LogP contribution in [0, 0.1) is 6.42 Å². The minimum atomic E-state index is -0.240. The van der Waals surface area contributed by atoms with E-state index in [1.165, 1.54) is 0 Å². The molecule has 0 atom stereocenters. The van der Waals surface area contributed by atoms with E-state index in [1.54, 1.807) is 6.07 Å². The molecule has 0 fully saturated rings. The summed E-state index contributed by atoms with van der Waals surface area (Å²) in [6.45, 7) is 0. The minimum absolute atomic E-state index is 0.0588. The Balaban J connectivity index is 2.29. The highest BCUT2D eigenvalue weighted by molar-refractivity contribution is 6.05. The van der Waals surface area contributed by atoms with Crippen LogP contribution in [0.1, 0.15) is 28.8 Å². The third kappa shape index (κ3) is 1.38. The molecule has 0 bridgehead atoms. The van der Waals surface area contributed by atoms with Crippen molar-refractivity contribution in [2.75, 3.05) is 0 Å². The fraction of sp³-hybridized carbons (Fsp3) is 0.250. The predicted octanol–water partition coefficient (Wildman–Crippen LogP) is 1.46. The average molecular weight is 214 g/mol. The molecule has 1 heterocycles. The van der Waals surface area contributed by atoms with Crippen molar-refractivity contribution < 1.29 is 4.79 Å². The lowest BCUT2D eigenvalue weighted by atomic mass is 10.0. The normalized spacial score (nSPS) is 16.1. The van der Waals surface area contributed by atoms with E-state index in [2.05, 4.69) is 16.4 Å². The Morgan fingerprint density at radius 3 is 2.69 bits per heavy atom. The molecule has 2 radical (unpaired) electrons. The highest BCUT2D eigenvalue weighted by Gasteiger charge is 2.17. The lowest BCUT2D eigenvalue weighted by Gasteiger charge is -2.03. The number of carbonyl (C=O) groups is 1. The quantitative estimate of drug-likeness (QED) is 0.652. The van der Waals surface area contributed by atoms with Crippen molar-refractivity contribution in [3.63, 3.8) is 0 Å². The number of benzene rings is 1. The number of carbonyl (C=O) groups excluding carboxylic acids is 1. The van der Waals surface area contributed by atoms with Crippen molar-refractivity contribution in [1.82, 2.24) is 9.97 Å². The molecule has 2 aromatic rings. The second-order valence-electron chi connectivity index (χ2n) is 3.99. The van der Waals surface area contributed by atoms with Crippen LogP contribution < -0.4 is 5.69 Å². The topological polar surface area (TPSA) is 65.7 Å². The first-order valence-corrected chi connectivity index (χ1v) is 5.27. The summed E-state index contributed by atoms with van der Waals surface area (Å²) in [5, 5.41) is 0. The number of Topliss-reactive ketones (excluding diaryl/α,β-unsaturated/α-hetero) is 1. The van der Waals surface area contributed by atoms with Gasteiger partial charge in [0, 0.05) is 5.56 Å². The zero-order chi connectivity index (χ0) is 11.1. The van der Waals surface area contributed by atoms with E-state index >= 15 is 0 Å². The van der Waals surface area contributed by atoms with E-state index in [4.69, 9.17) is 0 Å². The molecule has 1 aromatic carbocycles. The molecule has 4 heteroatoms. The van der Waals surface area contributed by atoms with Gasteiger partial charge in [0.2, 0.25) is 0 Å². The predicted molar refractivity (Wildman–Crippen MR) is 59.4 cm³/mol. The fourth-order valence-electron chi connectivity index (χ4n) is 2.12. The molecular weight excluding hydrogens is 204 g/mol. The summed E-state index contributed by atoms with van der Waals surface area (Å²) in [7, 11) is 0. The molecule has 0 saturated carbocycles. The number of rotatable bonds is 0. The zero-order valence-corrected chi connectivity index (χ0v) is 8.59. The van der Waals surface area contributed by atoms with Crippen LogP contribution in [0.15, 0.2) is 16.9 Å². The Bertz CT molecular complexity index is 621. The Hall–Kier alpha value is -1.84. The van der Waals surface area contributed by atoms with Crippen LogP contribution in [-0.2, 0) is 6.42 Å². The first-order chi connectivity index (χ1) is 7.74. The summed E-state index contributed by atoms with van der Waals surface area (Å²) in [6, 6.07) is 3.62. The smallest absolute Gasteiger partial charge is 0.306 e. The zero-order valence-electron chi connectivity index (χ0n) is 8.59. The molecule has 4 nitrogen and oxygen atoms in total. The molecule has 0 spiro atoms. The number of H-pyrrole nitrogens is 2. The van der Waals surface area contributed by atoms with Crippen LogP contribution >= 0.6 is 0 Å². The highest BCUT2D eigenvalue weighted by Crippen LogP contribution is 2.23. The van der Waals surface area contributed by atoms with Gasteiger partial charge in [-0.1, -0.05) is 0 Å². The summed E-state index contributed by atoms with van der Waals surface area (Å²) >= 11 is 0. The number of aryl methyl sites for hydroxylation is 1. The summed E-state index contributed by atoms with van der Waals surface area (Å²) in [5.41, 5.74) is 2.87. The van der Waals surface area contributed by atoms with E-state index in [1.807, 2.05) is 6.07 Å². The van der Waals surface area contributed by atoms with Gasteiger partial charge in [0.15, 0.2) is 5.78 Å². The van der Waals surface area contributed by atoms with E-state index in [-0.39, 0.29) is 11.5 Å². The first-order valence-electron chi connectivity index (χ1n) is 5.27.